The highest BCUT2D eigenvalue weighted by Gasteiger charge is 2.06. The monoisotopic (exact) mass is 264 g/mol. The Morgan fingerprint density at radius 3 is 2.58 bits per heavy atom. The first-order chi connectivity index (χ1) is 9.08. The molecule has 1 rings (SSSR count). The number of carboxylic acid groups (broad SMARTS) is 1. The van der Waals surface area contributed by atoms with Crippen molar-refractivity contribution in [1.82, 2.24) is 10.2 Å². The van der Waals surface area contributed by atoms with Crippen molar-refractivity contribution in [1.29, 1.82) is 0 Å². The molecule has 0 bridgehead atoms. The second-order valence-electron chi connectivity index (χ2n) is 4.50. The first-order valence-corrected chi connectivity index (χ1v) is 6.29. The summed E-state index contributed by atoms with van der Waals surface area (Å²) >= 11 is 0. The summed E-state index contributed by atoms with van der Waals surface area (Å²) in [5.41, 5.74) is 1.06. The summed E-state index contributed by atoms with van der Waals surface area (Å²) in [6.45, 7) is 1.40. The average molecular weight is 264 g/mol. The number of likely N-dealkylation sites (N-methyl/N-ethyl adjacent to an activating group) is 1. The van der Waals surface area contributed by atoms with E-state index in [1.54, 1.807) is 0 Å². The molecule has 0 aliphatic carbocycles. The number of nitrogens with one attached hydrogen (secondary N) is 1. The number of amides is 1. The third kappa shape index (κ3) is 7.21. The Hall–Kier alpha value is -1.88. The van der Waals surface area contributed by atoms with Crippen LogP contribution < -0.4 is 5.32 Å². The Morgan fingerprint density at radius 2 is 1.95 bits per heavy atom. The van der Waals surface area contributed by atoms with Gasteiger partial charge in [0.15, 0.2) is 0 Å². The summed E-state index contributed by atoms with van der Waals surface area (Å²) < 4.78 is 0. The lowest BCUT2D eigenvalue weighted by Crippen LogP contribution is -2.35. The highest BCUT2D eigenvalue weighted by molar-refractivity contribution is 5.77. The summed E-state index contributed by atoms with van der Waals surface area (Å²) in [4.78, 5) is 23.8. The molecule has 0 aliphatic rings. The molecule has 0 unspecified atom stereocenters. The largest absolute Gasteiger partial charge is 0.481 e. The summed E-state index contributed by atoms with van der Waals surface area (Å²) in [5.74, 6) is -0.858. The first kappa shape index (κ1) is 15.2. The van der Waals surface area contributed by atoms with Crippen molar-refractivity contribution < 1.29 is 14.7 Å². The molecule has 0 saturated carbocycles. The Morgan fingerprint density at radius 1 is 1.26 bits per heavy atom. The maximum absolute atomic E-state index is 11.7. The van der Waals surface area contributed by atoms with Crippen LogP contribution in [0.4, 0.5) is 0 Å². The maximum Gasteiger partial charge on any atom is 0.303 e. The third-order valence-electron chi connectivity index (χ3n) is 2.68. The molecule has 5 heteroatoms. The zero-order chi connectivity index (χ0) is 14.1. The molecule has 104 valence electrons. The van der Waals surface area contributed by atoms with Crippen molar-refractivity contribution in [3.63, 3.8) is 0 Å². The highest BCUT2D eigenvalue weighted by atomic mass is 16.4. The Labute approximate surface area is 113 Å². The standard InChI is InChI=1S/C14H20N2O3/c1-16(9-5-8-14(18)19)11-13(17)15-10-12-6-3-2-4-7-12/h2-4,6-7H,5,8-11H2,1H3,(H,15,17)(H,18,19). The predicted molar refractivity (Wildman–Crippen MR) is 72.7 cm³/mol. The number of carbonyl (C=O) groups excluding carboxylic acids is 1. The average Bonchev–Trinajstić information content (AvgIpc) is 2.37. The molecular formula is C14H20N2O3. The predicted octanol–water partition coefficient (Wildman–Crippen LogP) is 1.10. The minimum Gasteiger partial charge on any atom is -0.481 e. The van der Waals surface area contributed by atoms with Gasteiger partial charge in [0.25, 0.3) is 0 Å². The number of carboxylic acids is 1. The summed E-state index contributed by atoms with van der Waals surface area (Å²) in [6.07, 6.45) is 0.688. The molecule has 1 amide bonds. The Bertz CT molecular complexity index is 406. The molecule has 1 aromatic carbocycles. The Balaban J connectivity index is 2.18. The second-order valence-corrected chi connectivity index (χ2v) is 4.50. The van der Waals surface area contributed by atoms with Gasteiger partial charge in [0.05, 0.1) is 6.54 Å². The van der Waals surface area contributed by atoms with Crippen LogP contribution in [0.15, 0.2) is 30.3 Å². The van der Waals surface area contributed by atoms with Crippen LogP contribution in [0.25, 0.3) is 0 Å². The number of benzene rings is 1. The highest BCUT2D eigenvalue weighted by Crippen LogP contribution is 1.97. The molecule has 19 heavy (non-hydrogen) atoms. The van der Waals surface area contributed by atoms with Crippen molar-refractivity contribution in [2.75, 3.05) is 20.1 Å². The maximum atomic E-state index is 11.7. The molecule has 0 fully saturated rings. The van der Waals surface area contributed by atoms with Crippen LogP contribution in [0, 0.1) is 0 Å². The lowest BCUT2D eigenvalue weighted by Gasteiger charge is -2.15. The lowest BCUT2D eigenvalue weighted by molar-refractivity contribution is -0.137. The van der Waals surface area contributed by atoms with Crippen LogP contribution >= 0.6 is 0 Å². The molecule has 1 aromatic rings. The molecule has 2 N–H and O–H groups in total. The van der Waals surface area contributed by atoms with Crippen molar-refractivity contribution in [2.24, 2.45) is 0 Å². The van der Waals surface area contributed by atoms with E-state index >= 15 is 0 Å². The third-order valence-corrected chi connectivity index (χ3v) is 2.68. The quantitative estimate of drug-likeness (QED) is 0.737. The topological polar surface area (TPSA) is 69.6 Å². The number of aliphatic carboxylic acids is 1. The number of carbonyl (C=O) groups is 2. The van der Waals surface area contributed by atoms with Crippen molar-refractivity contribution in [3.05, 3.63) is 35.9 Å². The molecule has 0 saturated heterocycles. The fraction of sp³-hybridized carbons (Fsp3) is 0.429. The van der Waals surface area contributed by atoms with Gasteiger partial charge in [-0.05, 0) is 25.6 Å². The summed E-state index contributed by atoms with van der Waals surface area (Å²) in [6, 6.07) is 9.70. The Kier molecular flexibility index (Phi) is 6.60. The van der Waals surface area contributed by atoms with Gasteiger partial charge in [0, 0.05) is 13.0 Å². The molecule has 0 aliphatic heterocycles. The molecule has 0 spiro atoms. The van der Waals surface area contributed by atoms with Crippen LogP contribution in [0.3, 0.4) is 0 Å². The SMILES string of the molecule is CN(CCCC(=O)O)CC(=O)NCc1ccccc1. The van der Waals surface area contributed by atoms with Gasteiger partial charge >= 0.3 is 5.97 Å². The molecular weight excluding hydrogens is 244 g/mol. The van der Waals surface area contributed by atoms with Crippen LogP contribution in [-0.2, 0) is 16.1 Å². The molecule has 0 aromatic heterocycles. The van der Waals surface area contributed by atoms with E-state index in [-0.39, 0.29) is 18.9 Å². The number of nitrogens with zero attached hydrogens (tertiary/aromatic N) is 1. The van der Waals surface area contributed by atoms with E-state index in [1.807, 2.05) is 42.3 Å². The minimum atomic E-state index is -0.804. The summed E-state index contributed by atoms with van der Waals surface area (Å²) in [7, 11) is 1.81. The molecule has 0 radical (unpaired) electrons. The molecule has 0 atom stereocenters. The van der Waals surface area contributed by atoms with Gasteiger partial charge in [-0.2, -0.15) is 0 Å². The van der Waals surface area contributed by atoms with E-state index in [9.17, 15) is 9.59 Å². The zero-order valence-corrected chi connectivity index (χ0v) is 11.1. The number of hydrogen-bond acceptors (Lipinski definition) is 3. The van der Waals surface area contributed by atoms with Gasteiger partial charge in [-0.3, -0.25) is 14.5 Å². The molecule has 0 heterocycles. The van der Waals surface area contributed by atoms with E-state index in [2.05, 4.69) is 5.32 Å². The second kappa shape index (κ2) is 8.26. The van der Waals surface area contributed by atoms with E-state index in [0.717, 1.165) is 5.56 Å². The smallest absolute Gasteiger partial charge is 0.303 e. The minimum absolute atomic E-state index is 0.0540. The van der Waals surface area contributed by atoms with Gasteiger partial charge in [-0.25, -0.2) is 0 Å². The van der Waals surface area contributed by atoms with Crippen molar-refractivity contribution in [2.45, 2.75) is 19.4 Å². The zero-order valence-electron chi connectivity index (χ0n) is 11.1. The molecule has 5 nitrogen and oxygen atoms in total. The van der Waals surface area contributed by atoms with Crippen LogP contribution in [-0.4, -0.2) is 42.0 Å². The lowest BCUT2D eigenvalue weighted by atomic mass is 10.2. The first-order valence-electron chi connectivity index (χ1n) is 6.29. The fourth-order valence-electron chi connectivity index (χ4n) is 1.68. The number of hydrogen-bond donors (Lipinski definition) is 2. The van der Waals surface area contributed by atoms with Gasteiger partial charge in [-0.15, -0.1) is 0 Å². The van der Waals surface area contributed by atoms with Crippen LogP contribution in [0.5, 0.6) is 0 Å². The van der Waals surface area contributed by atoms with E-state index in [4.69, 9.17) is 5.11 Å². The van der Waals surface area contributed by atoms with Crippen LogP contribution in [0.2, 0.25) is 0 Å². The van der Waals surface area contributed by atoms with Crippen molar-refractivity contribution in [3.8, 4) is 0 Å². The van der Waals surface area contributed by atoms with Gasteiger partial charge < -0.3 is 10.4 Å². The van der Waals surface area contributed by atoms with E-state index in [1.165, 1.54) is 0 Å². The van der Waals surface area contributed by atoms with Crippen LogP contribution in [0.1, 0.15) is 18.4 Å². The fourth-order valence-corrected chi connectivity index (χ4v) is 1.68. The van der Waals surface area contributed by atoms with E-state index < -0.39 is 5.97 Å². The van der Waals surface area contributed by atoms with E-state index in [0.29, 0.717) is 19.5 Å². The van der Waals surface area contributed by atoms with Gasteiger partial charge in [0.2, 0.25) is 5.91 Å². The van der Waals surface area contributed by atoms with Gasteiger partial charge in [-0.1, -0.05) is 30.3 Å². The number of rotatable bonds is 8. The summed E-state index contributed by atoms with van der Waals surface area (Å²) in [5, 5.41) is 11.4. The van der Waals surface area contributed by atoms with Gasteiger partial charge in [0.1, 0.15) is 0 Å². The normalized spacial score (nSPS) is 10.4. The van der Waals surface area contributed by atoms with Crippen molar-refractivity contribution >= 4 is 11.9 Å².